The monoisotopic (exact) mass is 227 g/mol. The quantitative estimate of drug-likeness (QED) is 0.853. The molecule has 1 aliphatic carbocycles. The predicted molar refractivity (Wildman–Crippen MR) is 57.9 cm³/mol. The van der Waals surface area contributed by atoms with Crippen molar-refractivity contribution in [3.8, 4) is 0 Å². The van der Waals surface area contributed by atoms with Crippen molar-refractivity contribution in [2.45, 2.75) is 19.3 Å². The number of aryl methyl sites for hydroxylation is 1. The second kappa shape index (κ2) is 4.23. The molecular weight excluding hydrogens is 214 g/mol. The fourth-order valence-electron chi connectivity index (χ4n) is 1.58. The van der Waals surface area contributed by atoms with Crippen LogP contribution in [-0.2, 0) is 7.05 Å². The van der Waals surface area contributed by atoms with Crippen molar-refractivity contribution in [1.82, 2.24) is 15.1 Å². The first kappa shape index (κ1) is 10.5. The third kappa shape index (κ3) is 2.31. The van der Waals surface area contributed by atoms with Gasteiger partial charge in [0.15, 0.2) is 5.69 Å². The Balaban J connectivity index is 1.89. The number of halogens is 1. The maximum absolute atomic E-state index is 11.6. The summed E-state index contributed by atoms with van der Waals surface area (Å²) in [5.74, 6) is 0.525. The Kier molecular flexibility index (Phi) is 2.95. The van der Waals surface area contributed by atoms with Crippen molar-refractivity contribution in [3.05, 3.63) is 16.9 Å². The lowest BCUT2D eigenvalue weighted by atomic mass is 9.85. The molecule has 0 atom stereocenters. The molecule has 0 saturated heterocycles. The van der Waals surface area contributed by atoms with Gasteiger partial charge in [-0.25, -0.2) is 0 Å². The van der Waals surface area contributed by atoms with Crippen LogP contribution < -0.4 is 5.32 Å². The Morgan fingerprint density at radius 2 is 2.47 bits per heavy atom. The van der Waals surface area contributed by atoms with Crippen LogP contribution in [0.25, 0.3) is 0 Å². The van der Waals surface area contributed by atoms with Crippen molar-refractivity contribution in [1.29, 1.82) is 0 Å². The first-order chi connectivity index (χ1) is 7.16. The molecule has 1 amide bonds. The molecule has 0 unspecified atom stereocenters. The molecule has 1 N–H and O–H groups in total. The smallest absolute Gasteiger partial charge is 0.271 e. The molecule has 1 heterocycles. The molecule has 1 aliphatic rings. The van der Waals surface area contributed by atoms with Crippen LogP contribution in [0.5, 0.6) is 0 Å². The molecule has 0 aliphatic heterocycles. The molecule has 5 heteroatoms. The second-order valence-electron chi connectivity index (χ2n) is 3.98. The minimum absolute atomic E-state index is 0.135. The van der Waals surface area contributed by atoms with E-state index in [1.807, 2.05) is 0 Å². The molecule has 1 saturated carbocycles. The second-order valence-corrected chi connectivity index (χ2v) is 4.37. The zero-order valence-electron chi connectivity index (χ0n) is 8.66. The summed E-state index contributed by atoms with van der Waals surface area (Å²) in [5.41, 5.74) is 0.391. The third-order valence-corrected chi connectivity index (χ3v) is 3.19. The number of amides is 1. The SMILES string of the molecule is Cn1nc(C(=O)NCC2CCC2)cc1Cl. The van der Waals surface area contributed by atoms with Gasteiger partial charge in [0.25, 0.3) is 5.91 Å². The fraction of sp³-hybridized carbons (Fsp3) is 0.600. The molecule has 0 radical (unpaired) electrons. The first-order valence-electron chi connectivity index (χ1n) is 5.14. The summed E-state index contributed by atoms with van der Waals surface area (Å²) in [6.45, 7) is 0.757. The highest BCUT2D eigenvalue weighted by Gasteiger charge is 2.19. The summed E-state index contributed by atoms with van der Waals surface area (Å²) in [5, 5.41) is 7.35. The van der Waals surface area contributed by atoms with E-state index >= 15 is 0 Å². The lowest BCUT2D eigenvalue weighted by Gasteiger charge is -2.25. The van der Waals surface area contributed by atoms with Crippen molar-refractivity contribution >= 4 is 17.5 Å². The molecular formula is C10H14ClN3O. The Morgan fingerprint density at radius 1 is 1.73 bits per heavy atom. The summed E-state index contributed by atoms with van der Waals surface area (Å²) in [6, 6.07) is 1.58. The third-order valence-electron chi connectivity index (χ3n) is 2.83. The van der Waals surface area contributed by atoms with Crippen LogP contribution in [-0.4, -0.2) is 22.2 Å². The zero-order valence-corrected chi connectivity index (χ0v) is 9.42. The van der Waals surface area contributed by atoms with Gasteiger partial charge < -0.3 is 5.32 Å². The molecule has 1 aromatic heterocycles. The lowest BCUT2D eigenvalue weighted by molar-refractivity contribution is 0.0933. The predicted octanol–water partition coefficient (Wildman–Crippen LogP) is 1.60. The van der Waals surface area contributed by atoms with Gasteiger partial charge in [0.05, 0.1) is 0 Å². The van der Waals surface area contributed by atoms with E-state index in [2.05, 4.69) is 10.4 Å². The maximum atomic E-state index is 11.6. The molecule has 15 heavy (non-hydrogen) atoms. The van der Waals surface area contributed by atoms with Gasteiger partial charge in [0.1, 0.15) is 5.15 Å². The zero-order chi connectivity index (χ0) is 10.8. The summed E-state index contributed by atoms with van der Waals surface area (Å²) in [7, 11) is 1.71. The fourth-order valence-corrected chi connectivity index (χ4v) is 1.72. The van der Waals surface area contributed by atoms with Crippen LogP contribution in [0, 0.1) is 5.92 Å². The van der Waals surface area contributed by atoms with Gasteiger partial charge in [-0.3, -0.25) is 9.48 Å². The van der Waals surface area contributed by atoms with E-state index < -0.39 is 0 Å². The van der Waals surface area contributed by atoms with E-state index in [4.69, 9.17) is 11.6 Å². The van der Waals surface area contributed by atoms with E-state index in [0.717, 1.165) is 6.54 Å². The lowest BCUT2D eigenvalue weighted by Crippen LogP contribution is -2.32. The number of nitrogens with one attached hydrogen (secondary N) is 1. The van der Waals surface area contributed by atoms with Crippen LogP contribution in [0.2, 0.25) is 5.15 Å². The van der Waals surface area contributed by atoms with Crippen LogP contribution in [0.1, 0.15) is 29.8 Å². The highest BCUT2D eigenvalue weighted by atomic mass is 35.5. The number of hydrogen-bond acceptors (Lipinski definition) is 2. The van der Waals surface area contributed by atoms with Crippen molar-refractivity contribution < 1.29 is 4.79 Å². The molecule has 0 bridgehead atoms. The minimum atomic E-state index is -0.135. The standard InChI is InChI=1S/C10H14ClN3O/c1-14-9(11)5-8(13-14)10(15)12-6-7-3-2-4-7/h5,7H,2-4,6H2,1H3,(H,12,15). The van der Waals surface area contributed by atoms with Crippen LogP contribution in [0.15, 0.2) is 6.07 Å². The minimum Gasteiger partial charge on any atom is -0.350 e. The van der Waals surface area contributed by atoms with E-state index in [1.54, 1.807) is 13.1 Å². The Morgan fingerprint density at radius 3 is 2.93 bits per heavy atom. The van der Waals surface area contributed by atoms with Crippen molar-refractivity contribution in [2.75, 3.05) is 6.54 Å². The van der Waals surface area contributed by atoms with Crippen LogP contribution in [0.4, 0.5) is 0 Å². The molecule has 4 nitrogen and oxygen atoms in total. The molecule has 2 rings (SSSR count). The number of nitrogens with zero attached hydrogens (tertiary/aromatic N) is 2. The molecule has 1 fully saturated rings. The van der Waals surface area contributed by atoms with E-state index in [9.17, 15) is 4.79 Å². The van der Waals surface area contributed by atoms with Crippen LogP contribution >= 0.6 is 11.6 Å². The topological polar surface area (TPSA) is 46.9 Å². The van der Waals surface area contributed by atoms with Crippen molar-refractivity contribution in [2.24, 2.45) is 13.0 Å². The van der Waals surface area contributed by atoms with Gasteiger partial charge in [0.2, 0.25) is 0 Å². The summed E-state index contributed by atoms with van der Waals surface area (Å²) in [4.78, 5) is 11.6. The highest BCUT2D eigenvalue weighted by molar-refractivity contribution is 6.29. The summed E-state index contributed by atoms with van der Waals surface area (Å²) >= 11 is 5.80. The molecule has 0 spiro atoms. The van der Waals surface area contributed by atoms with Gasteiger partial charge in [-0.05, 0) is 18.8 Å². The molecule has 0 aromatic carbocycles. The summed E-state index contributed by atoms with van der Waals surface area (Å²) < 4.78 is 1.49. The van der Waals surface area contributed by atoms with Crippen LogP contribution in [0.3, 0.4) is 0 Å². The summed E-state index contributed by atoms with van der Waals surface area (Å²) in [6.07, 6.45) is 3.74. The Bertz CT molecular complexity index is 351. The van der Waals surface area contributed by atoms with Gasteiger partial charge in [-0.2, -0.15) is 5.10 Å². The number of aromatic nitrogens is 2. The Hall–Kier alpha value is -1.03. The van der Waals surface area contributed by atoms with Gasteiger partial charge in [0, 0.05) is 19.7 Å². The average molecular weight is 228 g/mol. The largest absolute Gasteiger partial charge is 0.350 e. The number of carbonyl (C=O) groups excluding carboxylic acids is 1. The Labute approximate surface area is 93.6 Å². The normalized spacial score (nSPS) is 16.1. The average Bonchev–Trinajstić information content (AvgIpc) is 2.44. The van der Waals surface area contributed by atoms with Gasteiger partial charge in [-0.1, -0.05) is 18.0 Å². The molecule has 82 valence electrons. The van der Waals surface area contributed by atoms with Gasteiger partial charge >= 0.3 is 0 Å². The van der Waals surface area contributed by atoms with Crippen molar-refractivity contribution in [3.63, 3.8) is 0 Å². The first-order valence-corrected chi connectivity index (χ1v) is 5.52. The van der Waals surface area contributed by atoms with E-state index in [-0.39, 0.29) is 5.91 Å². The van der Waals surface area contributed by atoms with E-state index in [1.165, 1.54) is 23.9 Å². The number of carbonyl (C=O) groups is 1. The number of hydrogen-bond donors (Lipinski definition) is 1. The molecule has 1 aromatic rings. The number of rotatable bonds is 3. The van der Waals surface area contributed by atoms with Gasteiger partial charge in [-0.15, -0.1) is 0 Å². The highest BCUT2D eigenvalue weighted by Crippen LogP contribution is 2.25. The maximum Gasteiger partial charge on any atom is 0.271 e. The van der Waals surface area contributed by atoms with E-state index in [0.29, 0.717) is 16.8 Å².